The monoisotopic (exact) mass is 625 g/mol. The molecule has 0 radical (unpaired) electrons. The standard InChI is InChI=1S/C32H33BrClNO5/c1-17-6-8-19(11-21(17)34)35-27(38)16-39-24-9-7-18(10-20(24)33)28-29-22(36)12-31(2,3)14-25(29)40-26-15-32(4,5)13-23(37)30(26)28/h6-11,28H,12-16H2,1-5H3,(H,35,38). The SMILES string of the molecule is Cc1ccc(NC(=O)COc2ccc(C3C4=C(CC(C)(C)CC4=O)OC4=C3C(=O)CC(C)(C)C4)cc2Br)cc1Cl. The van der Waals surface area contributed by atoms with Crippen LogP contribution in [-0.2, 0) is 19.1 Å². The fourth-order valence-corrected chi connectivity index (χ4v) is 6.52. The summed E-state index contributed by atoms with van der Waals surface area (Å²) in [6.45, 7) is 9.96. The van der Waals surface area contributed by atoms with Gasteiger partial charge in [-0.3, -0.25) is 14.4 Å². The molecule has 0 unspecified atom stereocenters. The molecule has 0 saturated heterocycles. The molecule has 0 spiro atoms. The summed E-state index contributed by atoms with van der Waals surface area (Å²) in [6.07, 6.45) is 2.08. The molecule has 2 aromatic rings. The molecular formula is C32H33BrClNO5. The third-order valence-electron chi connectivity index (χ3n) is 7.69. The molecule has 0 atom stereocenters. The maximum atomic E-state index is 13.5. The highest BCUT2D eigenvalue weighted by Gasteiger charge is 2.47. The van der Waals surface area contributed by atoms with Crippen molar-refractivity contribution < 1.29 is 23.9 Å². The van der Waals surface area contributed by atoms with Crippen molar-refractivity contribution in [1.29, 1.82) is 0 Å². The van der Waals surface area contributed by atoms with Crippen LogP contribution in [0.3, 0.4) is 0 Å². The van der Waals surface area contributed by atoms with E-state index in [9.17, 15) is 14.4 Å². The third kappa shape index (κ3) is 5.77. The van der Waals surface area contributed by atoms with Crippen LogP contribution < -0.4 is 10.1 Å². The van der Waals surface area contributed by atoms with Gasteiger partial charge in [-0.25, -0.2) is 0 Å². The molecule has 5 rings (SSSR count). The van der Waals surface area contributed by atoms with Gasteiger partial charge in [0.05, 0.1) is 4.47 Å². The first-order valence-electron chi connectivity index (χ1n) is 13.4. The number of rotatable bonds is 5. The minimum absolute atomic E-state index is 0.0183. The molecule has 0 aromatic heterocycles. The topological polar surface area (TPSA) is 81.7 Å². The van der Waals surface area contributed by atoms with Crippen LogP contribution in [-0.4, -0.2) is 24.1 Å². The Hall–Kier alpha value is -2.90. The Morgan fingerprint density at radius 1 is 0.975 bits per heavy atom. The molecule has 2 aromatic carbocycles. The molecule has 1 N–H and O–H groups in total. The predicted molar refractivity (Wildman–Crippen MR) is 158 cm³/mol. The number of halogens is 2. The lowest BCUT2D eigenvalue weighted by Gasteiger charge is -2.42. The summed E-state index contributed by atoms with van der Waals surface area (Å²) in [6, 6.07) is 10.8. The van der Waals surface area contributed by atoms with E-state index in [2.05, 4.69) is 48.9 Å². The molecule has 6 nitrogen and oxygen atoms in total. The van der Waals surface area contributed by atoms with Crippen LogP contribution in [0, 0.1) is 17.8 Å². The summed E-state index contributed by atoms with van der Waals surface area (Å²) >= 11 is 9.74. The quantitative estimate of drug-likeness (QED) is 0.366. The van der Waals surface area contributed by atoms with E-state index in [1.54, 1.807) is 18.2 Å². The van der Waals surface area contributed by atoms with E-state index >= 15 is 0 Å². The number of hydrogen-bond acceptors (Lipinski definition) is 5. The molecule has 8 heteroatoms. The number of carbonyl (C=O) groups is 3. The number of nitrogens with one attached hydrogen (secondary N) is 1. The van der Waals surface area contributed by atoms with Crippen LogP contribution in [0.2, 0.25) is 5.02 Å². The van der Waals surface area contributed by atoms with E-state index in [1.807, 2.05) is 25.1 Å². The summed E-state index contributed by atoms with van der Waals surface area (Å²) in [5.74, 6) is 1.05. The minimum Gasteiger partial charge on any atom is -0.483 e. The first kappa shape index (κ1) is 28.6. The number of aryl methyl sites for hydroxylation is 1. The van der Waals surface area contributed by atoms with Gasteiger partial charge in [0.25, 0.3) is 5.91 Å². The van der Waals surface area contributed by atoms with Crippen molar-refractivity contribution in [3.05, 3.63) is 79.7 Å². The molecule has 0 bridgehead atoms. The number of ether oxygens (including phenoxy) is 2. The molecular weight excluding hydrogens is 594 g/mol. The van der Waals surface area contributed by atoms with Gasteiger partial charge < -0.3 is 14.8 Å². The van der Waals surface area contributed by atoms with Crippen molar-refractivity contribution in [1.82, 2.24) is 0 Å². The van der Waals surface area contributed by atoms with Gasteiger partial charge in [-0.05, 0) is 69.1 Å². The molecule has 1 heterocycles. The molecule has 1 aliphatic heterocycles. The number of benzene rings is 2. The van der Waals surface area contributed by atoms with Crippen molar-refractivity contribution in [3.8, 4) is 5.75 Å². The lowest BCUT2D eigenvalue weighted by atomic mass is 9.65. The van der Waals surface area contributed by atoms with E-state index in [1.165, 1.54) is 0 Å². The van der Waals surface area contributed by atoms with Crippen LogP contribution >= 0.6 is 27.5 Å². The fourth-order valence-electron chi connectivity index (χ4n) is 5.83. The van der Waals surface area contributed by atoms with E-state index in [0.29, 0.717) is 69.3 Å². The van der Waals surface area contributed by atoms with Crippen molar-refractivity contribution in [2.45, 2.75) is 66.2 Å². The lowest BCUT2D eigenvalue weighted by Crippen LogP contribution is -2.37. The van der Waals surface area contributed by atoms with E-state index in [4.69, 9.17) is 21.1 Å². The summed E-state index contributed by atoms with van der Waals surface area (Å²) in [5.41, 5.74) is 3.07. The predicted octanol–water partition coefficient (Wildman–Crippen LogP) is 7.83. The third-order valence-corrected chi connectivity index (χ3v) is 8.71. The Morgan fingerprint density at radius 2 is 1.57 bits per heavy atom. The molecule has 1 amide bonds. The van der Waals surface area contributed by atoms with Crippen molar-refractivity contribution in [2.24, 2.45) is 10.8 Å². The summed E-state index contributed by atoms with van der Waals surface area (Å²) in [4.78, 5) is 39.5. The zero-order valence-electron chi connectivity index (χ0n) is 23.4. The first-order valence-corrected chi connectivity index (χ1v) is 14.6. The molecule has 0 saturated carbocycles. The van der Waals surface area contributed by atoms with E-state index in [0.717, 1.165) is 11.1 Å². The van der Waals surface area contributed by atoms with Crippen LogP contribution in [0.25, 0.3) is 0 Å². The zero-order valence-corrected chi connectivity index (χ0v) is 25.7. The van der Waals surface area contributed by atoms with Gasteiger partial charge >= 0.3 is 0 Å². The number of anilines is 1. The minimum atomic E-state index is -0.495. The highest BCUT2D eigenvalue weighted by Crippen LogP contribution is 2.53. The molecule has 2 aliphatic carbocycles. The average Bonchev–Trinajstić information content (AvgIpc) is 2.82. The molecule has 210 valence electrons. The number of ketones is 2. The normalized spacial score (nSPS) is 20.1. The van der Waals surface area contributed by atoms with E-state index in [-0.39, 0.29) is 34.9 Å². The number of allylic oxidation sites excluding steroid dienone is 4. The Morgan fingerprint density at radius 3 is 2.12 bits per heavy atom. The van der Waals surface area contributed by atoms with Crippen molar-refractivity contribution in [3.63, 3.8) is 0 Å². The Kier molecular flexibility index (Phi) is 7.51. The first-order chi connectivity index (χ1) is 18.7. The molecule has 3 aliphatic rings. The Labute approximate surface area is 248 Å². The van der Waals surface area contributed by atoms with Crippen molar-refractivity contribution >= 4 is 50.7 Å². The second-order valence-electron chi connectivity index (χ2n) is 12.6. The number of amides is 1. The average molecular weight is 627 g/mol. The van der Waals surface area contributed by atoms with Gasteiger partial charge in [-0.2, -0.15) is 0 Å². The summed E-state index contributed by atoms with van der Waals surface area (Å²) < 4.78 is 12.8. The largest absolute Gasteiger partial charge is 0.483 e. The van der Waals surface area contributed by atoms with E-state index < -0.39 is 5.92 Å². The van der Waals surface area contributed by atoms with Gasteiger partial charge in [0.1, 0.15) is 17.3 Å². The second-order valence-corrected chi connectivity index (χ2v) is 13.8. The van der Waals surface area contributed by atoms with Gasteiger partial charge in [-0.1, -0.05) is 51.4 Å². The summed E-state index contributed by atoms with van der Waals surface area (Å²) in [7, 11) is 0. The number of Topliss-reactive ketones (excluding diaryl/α,β-unsaturated/α-hetero) is 2. The van der Waals surface area contributed by atoms with Gasteiger partial charge in [0.15, 0.2) is 18.2 Å². The Balaban J connectivity index is 1.42. The highest BCUT2D eigenvalue weighted by molar-refractivity contribution is 9.10. The lowest BCUT2D eigenvalue weighted by molar-refractivity contribution is -0.120. The van der Waals surface area contributed by atoms with Crippen LogP contribution in [0.1, 0.15) is 70.4 Å². The second kappa shape index (κ2) is 10.5. The highest BCUT2D eigenvalue weighted by atomic mass is 79.9. The van der Waals surface area contributed by atoms with Gasteiger partial charge in [-0.15, -0.1) is 0 Å². The number of hydrogen-bond donors (Lipinski definition) is 1. The van der Waals surface area contributed by atoms with Crippen molar-refractivity contribution in [2.75, 3.05) is 11.9 Å². The Bertz CT molecular complexity index is 1450. The van der Waals surface area contributed by atoms with Crippen LogP contribution in [0.15, 0.2) is 63.5 Å². The molecule has 40 heavy (non-hydrogen) atoms. The number of carbonyl (C=O) groups excluding carboxylic acids is 3. The van der Waals surface area contributed by atoms with Crippen LogP contribution in [0.4, 0.5) is 5.69 Å². The van der Waals surface area contributed by atoms with Gasteiger partial charge in [0, 0.05) is 53.5 Å². The van der Waals surface area contributed by atoms with Gasteiger partial charge in [0.2, 0.25) is 0 Å². The maximum absolute atomic E-state index is 13.5. The summed E-state index contributed by atoms with van der Waals surface area (Å²) in [5, 5.41) is 3.35. The fraction of sp³-hybridized carbons (Fsp3) is 0.406. The molecule has 0 fully saturated rings. The zero-order chi connectivity index (χ0) is 29.0. The van der Waals surface area contributed by atoms with Crippen LogP contribution in [0.5, 0.6) is 5.75 Å². The maximum Gasteiger partial charge on any atom is 0.262 e. The smallest absolute Gasteiger partial charge is 0.262 e.